The molecule has 0 saturated heterocycles. The molecular formula is C13H15N3O2. The van der Waals surface area contributed by atoms with Crippen LogP contribution >= 0.6 is 0 Å². The van der Waals surface area contributed by atoms with Crippen LogP contribution in [0.3, 0.4) is 0 Å². The van der Waals surface area contributed by atoms with Crippen LogP contribution in [0.4, 0.5) is 5.69 Å². The van der Waals surface area contributed by atoms with Gasteiger partial charge < -0.3 is 10.5 Å². The average molecular weight is 245 g/mol. The van der Waals surface area contributed by atoms with Crippen LogP contribution in [-0.2, 0) is 6.54 Å². The summed E-state index contributed by atoms with van der Waals surface area (Å²) in [6, 6.07) is 10.4. The molecule has 5 heteroatoms. The van der Waals surface area contributed by atoms with Crippen molar-refractivity contribution in [2.45, 2.75) is 13.5 Å². The van der Waals surface area contributed by atoms with E-state index in [1.165, 1.54) is 10.7 Å². The molecule has 0 spiro atoms. The lowest BCUT2D eigenvalue weighted by atomic mass is 10.3. The summed E-state index contributed by atoms with van der Waals surface area (Å²) >= 11 is 0. The van der Waals surface area contributed by atoms with Gasteiger partial charge in [0.2, 0.25) is 0 Å². The second kappa shape index (κ2) is 5.35. The van der Waals surface area contributed by atoms with Gasteiger partial charge in [0.25, 0.3) is 5.56 Å². The second-order valence-electron chi connectivity index (χ2n) is 3.96. The quantitative estimate of drug-likeness (QED) is 0.822. The first-order valence-corrected chi connectivity index (χ1v) is 5.68. The molecule has 0 fully saturated rings. The summed E-state index contributed by atoms with van der Waals surface area (Å²) in [6.07, 6.45) is 0. The Labute approximate surface area is 105 Å². The molecule has 0 radical (unpaired) electrons. The molecule has 94 valence electrons. The molecule has 1 heterocycles. The zero-order valence-corrected chi connectivity index (χ0v) is 10.2. The third kappa shape index (κ3) is 3.10. The van der Waals surface area contributed by atoms with E-state index in [9.17, 15) is 4.79 Å². The molecule has 2 aromatic rings. The summed E-state index contributed by atoms with van der Waals surface area (Å²) in [5, 5.41) is 4.12. The Balaban J connectivity index is 1.96. The molecule has 0 aliphatic heterocycles. The molecule has 1 aromatic heterocycles. The number of benzene rings is 1. The Hall–Kier alpha value is -2.30. The maximum Gasteiger partial charge on any atom is 0.266 e. The molecule has 18 heavy (non-hydrogen) atoms. The van der Waals surface area contributed by atoms with Gasteiger partial charge in [-0.25, -0.2) is 4.68 Å². The molecule has 0 amide bonds. The molecule has 0 saturated carbocycles. The summed E-state index contributed by atoms with van der Waals surface area (Å²) in [7, 11) is 0. The van der Waals surface area contributed by atoms with Crippen molar-refractivity contribution in [2.75, 3.05) is 12.3 Å². The van der Waals surface area contributed by atoms with Crippen molar-refractivity contribution in [3.8, 4) is 5.75 Å². The van der Waals surface area contributed by atoms with Crippen LogP contribution in [0, 0.1) is 6.92 Å². The first-order chi connectivity index (χ1) is 8.65. The van der Waals surface area contributed by atoms with Gasteiger partial charge in [0.05, 0.1) is 12.2 Å². The van der Waals surface area contributed by atoms with Gasteiger partial charge in [-0.15, -0.1) is 0 Å². The fourth-order valence-corrected chi connectivity index (χ4v) is 1.57. The van der Waals surface area contributed by atoms with Crippen molar-refractivity contribution >= 4 is 5.69 Å². The molecule has 5 nitrogen and oxygen atoms in total. The fourth-order valence-electron chi connectivity index (χ4n) is 1.57. The molecule has 0 unspecified atom stereocenters. The van der Waals surface area contributed by atoms with Gasteiger partial charge in [0.1, 0.15) is 12.4 Å². The number of nitrogens with zero attached hydrogens (tertiary/aromatic N) is 2. The summed E-state index contributed by atoms with van der Waals surface area (Å²) in [5.41, 5.74) is 6.97. The lowest BCUT2D eigenvalue weighted by Gasteiger charge is -2.08. The van der Waals surface area contributed by atoms with E-state index in [-0.39, 0.29) is 5.56 Å². The van der Waals surface area contributed by atoms with Gasteiger partial charge in [-0.05, 0) is 25.1 Å². The van der Waals surface area contributed by atoms with Crippen LogP contribution < -0.4 is 16.0 Å². The van der Waals surface area contributed by atoms with E-state index in [1.54, 1.807) is 18.2 Å². The number of hydrogen-bond acceptors (Lipinski definition) is 4. The van der Waals surface area contributed by atoms with Crippen LogP contribution in [0.1, 0.15) is 5.69 Å². The predicted octanol–water partition coefficient (Wildman–Crippen LogP) is 1.21. The van der Waals surface area contributed by atoms with Crippen molar-refractivity contribution in [1.29, 1.82) is 0 Å². The number of nitrogen functional groups attached to an aromatic ring is 1. The summed E-state index contributed by atoms with van der Waals surface area (Å²) in [4.78, 5) is 11.5. The third-order valence-electron chi connectivity index (χ3n) is 2.43. The molecular weight excluding hydrogens is 230 g/mol. The normalized spacial score (nSPS) is 10.3. The van der Waals surface area contributed by atoms with Crippen LogP contribution in [0.5, 0.6) is 5.75 Å². The van der Waals surface area contributed by atoms with Gasteiger partial charge in [-0.2, -0.15) is 5.10 Å². The standard InChI is InChI=1S/C13H15N3O2/c1-10-5-6-13(17)16(15-10)7-8-18-12-4-2-3-11(14)9-12/h2-6,9H,7-8,14H2,1H3. The molecule has 0 aliphatic rings. The van der Waals surface area contributed by atoms with Crippen molar-refractivity contribution < 1.29 is 4.74 Å². The fraction of sp³-hybridized carbons (Fsp3) is 0.231. The second-order valence-corrected chi connectivity index (χ2v) is 3.96. The molecule has 2 N–H and O–H groups in total. The Kier molecular flexibility index (Phi) is 3.62. The Morgan fingerprint density at radius 2 is 2.17 bits per heavy atom. The SMILES string of the molecule is Cc1ccc(=O)n(CCOc2cccc(N)c2)n1. The minimum Gasteiger partial charge on any atom is -0.492 e. The van der Waals surface area contributed by atoms with Crippen LogP contribution in [0.15, 0.2) is 41.2 Å². The predicted molar refractivity (Wildman–Crippen MR) is 69.6 cm³/mol. The molecule has 1 aromatic carbocycles. The van der Waals surface area contributed by atoms with Gasteiger partial charge in [0, 0.05) is 17.8 Å². The van der Waals surface area contributed by atoms with Crippen LogP contribution in [0.25, 0.3) is 0 Å². The highest BCUT2D eigenvalue weighted by Crippen LogP contribution is 2.14. The smallest absolute Gasteiger partial charge is 0.266 e. The first-order valence-electron chi connectivity index (χ1n) is 5.68. The zero-order valence-electron chi connectivity index (χ0n) is 10.2. The van der Waals surface area contributed by atoms with E-state index < -0.39 is 0 Å². The highest BCUT2D eigenvalue weighted by molar-refractivity contribution is 5.43. The number of anilines is 1. The molecule has 0 aliphatic carbocycles. The van der Waals surface area contributed by atoms with E-state index in [2.05, 4.69) is 5.10 Å². The summed E-state index contributed by atoms with van der Waals surface area (Å²) in [5.74, 6) is 0.690. The summed E-state index contributed by atoms with van der Waals surface area (Å²) < 4.78 is 6.90. The molecule has 0 atom stereocenters. The Bertz CT molecular complexity index is 593. The highest BCUT2D eigenvalue weighted by Gasteiger charge is 1.99. The summed E-state index contributed by atoms with van der Waals surface area (Å²) in [6.45, 7) is 2.63. The number of ether oxygens (including phenoxy) is 1. The minimum atomic E-state index is -0.128. The first kappa shape index (κ1) is 12.2. The lowest BCUT2D eigenvalue weighted by molar-refractivity contribution is 0.287. The van der Waals surface area contributed by atoms with Crippen LogP contribution in [0.2, 0.25) is 0 Å². The number of aryl methyl sites for hydroxylation is 1. The van der Waals surface area contributed by atoms with E-state index in [1.807, 2.05) is 19.1 Å². The monoisotopic (exact) mass is 245 g/mol. The lowest BCUT2D eigenvalue weighted by Crippen LogP contribution is -2.25. The number of hydrogen-bond donors (Lipinski definition) is 1. The van der Waals surface area contributed by atoms with Crippen molar-refractivity contribution in [2.24, 2.45) is 0 Å². The Morgan fingerprint density at radius 3 is 2.94 bits per heavy atom. The average Bonchev–Trinajstić information content (AvgIpc) is 2.34. The van der Waals surface area contributed by atoms with Gasteiger partial charge in [0.15, 0.2) is 0 Å². The van der Waals surface area contributed by atoms with E-state index in [0.29, 0.717) is 24.6 Å². The van der Waals surface area contributed by atoms with Gasteiger partial charge >= 0.3 is 0 Å². The minimum absolute atomic E-state index is 0.128. The third-order valence-corrected chi connectivity index (χ3v) is 2.43. The maximum absolute atomic E-state index is 11.5. The maximum atomic E-state index is 11.5. The number of rotatable bonds is 4. The number of nitrogens with two attached hydrogens (primary N) is 1. The van der Waals surface area contributed by atoms with E-state index in [4.69, 9.17) is 10.5 Å². The van der Waals surface area contributed by atoms with Gasteiger partial charge in [-0.1, -0.05) is 6.07 Å². The number of aromatic nitrogens is 2. The molecule has 0 bridgehead atoms. The van der Waals surface area contributed by atoms with Crippen molar-refractivity contribution in [1.82, 2.24) is 9.78 Å². The van der Waals surface area contributed by atoms with Gasteiger partial charge in [-0.3, -0.25) is 4.79 Å². The van der Waals surface area contributed by atoms with Crippen molar-refractivity contribution in [3.63, 3.8) is 0 Å². The van der Waals surface area contributed by atoms with Crippen molar-refractivity contribution in [3.05, 3.63) is 52.4 Å². The molecule has 2 rings (SSSR count). The van der Waals surface area contributed by atoms with E-state index >= 15 is 0 Å². The topological polar surface area (TPSA) is 70.1 Å². The van der Waals surface area contributed by atoms with Crippen LogP contribution in [-0.4, -0.2) is 16.4 Å². The highest BCUT2D eigenvalue weighted by atomic mass is 16.5. The zero-order chi connectivity index (χ0) is 13.0. The Morgan fingerprint density at radius 1 is 1.33 bits per heavy atom. The largest absolute Gasteiger partial charge is 0.492 e. The van der Waals surface area contributed by atoms with E-state index in [0.717, 1.165) is 5.69 Å².